The van der Waals surface area contributed by atoms with E-state index >= 15 is 0 Å². The van der Waals surface area contributed by atoms with Gasteiger partial charge in [0.05, 0.1) is 11.7 Å². The number of allylic oxidation sites excluding steroid dienone is 1. The normalized spacial score (nSPS) is 22.9. The summed E-state index contributed by atoms with van der Waals surface area (Å²) in [5, 5.41) is 0. The topological polar surface area (TPSA) is 53.8 Å². The van der Waals surface area contributed by atoms with Crippen LogP contribution in [-0.2, 0) is 10.5 Å². The van der Waals surface area contributed by atoms with Crippen LogP contribution in [0.1, 0.15) is 43.0 Å². The van der Waals surface area contributed by atoms with Crippen LogP contribution < -0.4 is 0 Å². The van der Waals surface area contributed by atoms with Crippen molar-refractivity contribution in [3.05, 3.63) is 35.3 Å². The second-order valence-electron chi connectivity index (χ2n) is 7.11. The quantitative estimate of drug-likeness (QED) is 0.755. The molecule has 2 atom stereocenters. The van der Waals surface area contributed by atoms with Gasteiger partial charge in [-0.05, 0) is 45.1 Å². The van der Waals surface area contributed by atoms with Crippen molar-refractivity contribution in [2.45, 2.75) is 38.5 Å². The Bertz CT molecular complexity index is 678. The molecular formula is C19H26N2O3S. The molecule has 0 aliphatic carbocycles. The molecule has 3 fully saturated rings. The fourth-order valence-corrected chi connectivity index (χ4v) is 4.04. The highest BCUT2D eigenvalue weighted by molar-refractivity contribution is 7.97. The van der Waals surface area contributed by atoms with Crippen molar-refractivity contribution < 1.29 is 14.0 Å². The lowest BCUT2D eigenvalue weighted by atomic mass is 9.94. The molecule has 6 heteroatoms. The molecule has 5 nitrogen and oxygen atoms in total. The number of nitrogens with zero attached hydrogens (tertiary/aromatic N) is 2. The Morgan fingerprint density at radius 3 is 2.84 bits per heavy atom. The zero-order valence-electron chi connectivity index (χ0n) is 15.2. The fraction of sp³-hybridized carbons (Fsp3) is 0.579. The van der Waals surface area contributed by atoms with E-state index in [-0.39, 0.29) is 23.8 Å². The Hall–Kier alpha value is -1.69. The smallest absolute Gasteiger partial charge is 0.289 e. The summed E-state index contributed by atoms with van der Waals surface area (Å²) in [4.78, 5) is 29.4. The van der Waals surface area contributed by atoms with E-state index in [2.05, 4.69) is 6.08 Å². The van der Waals surface area contributed by atoms with Crippen LogP contribution in [0, 0.1) is 5.92 Å². The Morgan fingerprint density at radius 1 is 1.32 bits per heavy atom. The van der Waals surface area contributed by atoms with Crippen LogP contribution >= 0.6 is 11.8 Å². The van der Waals surface area contributed by atoms with E-state index in [0.717, 1.165) is 24.4 Å². The molecule has 2 bridgehead atoms. The molecule has 0 radical (unpaired) electrons. The van der Waals surface area contributed by atoms with Gasteiger partial charge in [-0.25, -0.2) is 0 Å². The van der Waals surface area contributed by atoms with Crippen LogP contribution in [0.5, 0.6) is 0 Å². The second-order valence-corrected chi connectivity index (χ2v) is 7.98. The molecule has 3 aliphatic rings. The van der Waals surface area contributed by atoms with E-state index in [0.29, 0.717) is 25.4 Å². The summed E-state index contributed by atoms with van der Waals surface area (Å²) in [6, 6.07) is 3.72. The average Bonchev–Trinajstić information content (AvgIpc) is 2.87. The molecule has 4 heterocycles. The van der Waals surface area contributed by atoms with Gasteiger partial charge in [-0.2, -0.15) is 11.8 Å². The predicted molar refractivity (Wildman–Crippen MR) is 99.5 cm³/mol. The van der Waals surface area contributed by atoms with Crippen molar-refractivity contribution in [3.8, 4) is 0 Å². The summed E-state index contributed by atoms with van der Waals surface area (Å²) in [6.07, 6.45) is 5.93. The first-order chi connectivity index (χ1) is 12.0. The van der Waals surface area contributed by atoms with Gasteiger partial charge in [-0.3, -0.25) is 9.59 Å². The highest BCUT2D eigenvalue weighted by Crippen LogP contribution is 2.30. The molecule has 1 aromatic rings. The van der Waals surface area contributed by atoms with Gasteiger partial charge >= 0.3 is 0 Å². The maximum atomic E-state index is 12.9. The first-order valence-electron chi connectivity index (χ1n) is 8.80. The number of hydrogen-bond donors (Lipinski definition) is 0. The minimum absolute atomic E-state index is 0.0890. The Morgan fingerprint density at radius 2 is 2.12 bits per heavy atom. The number of piperidine rings is 1. The number of thioether (sulfide) groups is 1. The van der Waals surface area contributed by atoms with Gasteiger partial charge in [0, 0.05) is 25.7 Å². The van der Waals surface area contributed by atoms with E-state index in [1.165, 1.54) is 5.57 Å². The lowest BCUT2D eigenvalue weighted by molar-refractivity contribution is -0.139. The third-order valence-corrected chi connectivity index (χ3v) is 5.51. The minimum atomic E-state index is -0.0962. The SMILES string of the molecule is CSCc1ccc(C(=O)N2C[C@@H]3CC[C@H](C2)N(CC=C(C)C)C3=O)o1. The van der Waals surface area contributed by atoms with Crippen molar-refractivity contribution in [2.75, 3.05) is 25.9 Å². The number of carbonyl (C=O) groups excluding carboxylic acids is 2. The summed E-state index contributed by atoms with van der Waals surface area (Å²) in [5.74, 6) is 1.96. The van der Waals surface area contributed by atoms with E-state index in [4.69, 9.17) is 4.42 Å². The maximum absolute atomic E-state index is 12.9. The standard InChI is InChI=1S/C19H26N2O3S/c1-13(2)8-9-21-15-5-4-14(18(21)22)10-20(11-15)19(23)17-7-6-16(24-17)12-25-3/h6-8,14-15H,4-5,9-12H2,1-3H3/t14-,15+/m0/s1. The van der Waals surface area contributed by atoms with Crippen LogP contribution in [-0.4, -0.2) is 53.5 Å². The van der Waals surface area contributed by atoms with Crippen LogP contribution in [0.2, 0.25) is 0 Å². The van der Waals surface area contributed by atoms with Gasteiger partial charge in [-0.15, -0.1) is 0 Å². The van der Waals surface area contributed by atoms with Crippen molar-refractivity contribution >= 4 is 23.6 Å². The third kappa shape index (κ3) is 3.94. The Balaban J connectivity index is 1.75. The predicted octanol–water partition coefficient (Wildman–Crippen LogP) is 3.17. The van der Waals surface area contributed by atoms with E-state index in [9.17, 15) is 9.59 Å². The zero-order chi connectivity index (χ0) is 18.0. The van der Waals surface area contributed by atoms with E-state index in [1.807, 2.05) is 36.0 Å². The number of rotatable bonds is 5. The third-order valence-electron chi connectivity index (χ3n) is 4.94. The number of furan rings is 1. The molecule has 4 rings (SSSR count). The van der Waals surface area contributed by atoms with Gasteiger partial charge in [0.15, 0.2) is 5.76 Å². The molecule has 0 aromatic carbocycles. The van der Waals surface area contributed by atoms with Crippen LogP contribution in [0.4, 0.5) is 0 Å². The van der Waals surface area contributed by atoms with Crippen LogP contribution in [0.15, 0.2) is 28.2 Å². The lowest BCUT2D eigenvalue weighted by Crippen LogP contribution is -2.48. The zero-order valence-corrected chi connectivity index (χ0v) is 16.0. The molecule has 0 spiro atoms. The number of amides is 2. The number of fused-ring (bicyclic) bond motifs is 4. The molecule has 1 aromatic heterocycles. The molecular weight excluding hydrogens is 336 g/mol. The molecule has 2 amide bonds. The van der Waals surface area contributed by atoms with Gasteiger partial charge in [0.2, 0.25) is 5.91 Å². The highest BCUT2D eigenvalue weighted by atomic mass is 32.2. The molecule has 0 unspecified atom stereocenters. The molecule has 25 heavy (non-hydrogen) atoms. The Labute approximate surface area is 153 Å². The number of hydrogen-bond acceptors (Lipinski definition) is 4. The summed E-state index contributed by atoms with van der Waals surface area (Å²) in [6.45, 7) is 5.82. The van der Waals surface area contributed by atoms with E-state index in [1.54, 1.807) is 17.8 Å². The summed E-state index contributed by atoms with van der Waals surface area (Å²) in [7, 11) is 0. The Kier molecular flexibility index (Phi) is 5.57. The average molecular weight is 362 g/mol. The monoisotopic (exact) mass is 362 g/mol. The minimum Gasteiger partial charge on any atom is -0.455 e. The van der Waals surface area contributed by atoms with Crippen molar-refractivity contribution in [1.82, 2.24) is 9.80 Å². The van der Waals surface area contributed by atoms with Crippen molar-refractivity contribution in [2.24, 2.45) is 5.92 Å². The van der Waals surface area contributed by atoms with Gasteiger partial charge < -0.3 is 14.2 Å². The van der Waals surface area contributed by atoms with Crippen molar-refractivity contribution in [1.29, 1.82) is 0 Å². The molecule has 3 saturated heterocycles. The number of carbonyl (C=O) groups is 2. The summed E-state index contributed by atoms with van der Waals surface area (Å²) in [5.41, 5.74) is 1.21. The molecule has 0 N–H and O–H groups in total. The maximum Gasteiger partial charge on any atom is 0.289 e. The highest BCUT2D eigenvalue weighted by Gasteiger charge is 2.41. The van der Waals surface area contributed by atoms with E-state index < -0.39 is 0 Å². The summed E-state index contributed by atoms with van der Waals surface area (Å²) < 4.78 is 5.68. The van der Waals surface area contributed by atoms with Crippen LogP contribution in [0.25, 0.3) is 0 Å². The molecule has 136 valence electrons. The van der Waals surface area contributed by atoms with Gasteiger partial charge in [-0.1, -0.05) is 11.6 Å². The van der Waals surface area contributed by atoms with Gasteiger partial charge in [0.25, 0.3) is 5.91 Å². The van der Waals surface area contributed by atoms with Gasteiger partial charge in [0.1, 0.15) is 5.76 Å². The largest absolute Gasteiger partial charge is 0.455 e. The molecule has 0 saturated carbocycles. The lowest BCUT2D eigenvalue weighted by Gasteiger charge is -2.35. The second kappa shape index (κ2) is 7.68. The first-order valence-corrected chi connectivity index (χ1v) is 10.2. The first kappa shape index (κ1) is 18.1. The fourth-order valence-electron chi connectivity index (χ4n) is 3.60. The van der Waals surface area contributed by atoms with Crippen molar-refractivity contribution in [3.63, 3.8) is 0 Å². The molecule has 3 aliphatic heterocycles. The summed E-state index contributed by atoms with van der Waals surface area (Å²) >= 11 is 1.66. The van der Waals surface area contributed by atoms with Crippen LogP contribution in [0.3, 0.4) is 0 Å².